The molecule has 1 heterocycles. The van der Waals surface area contributed by atoms with Gasteiger partial charge in [0, 0.05) is 23.0 Å². The number of aromatic amines is 1. The fourth-order valence-electron chi connectivity index (χ4n) is 3.43. The van der Waals surface area contributed by atoms with Crippen molar-refractivity contribution in [3.63, 3.8) is 0 Å². The zero-order valence-electron chi connectivity index (χ0n) is 17.8. The summed E-state index contributed by atoms with van der Waals surface area (Å²) in [5, 5.41) is 6.85. The molecule has 31 heavy (non-hydrogen) atoms. The fraction of sp³-hybridized carbons (Fsp3) is 0.154. The Morgan fingerprint density at radius 1 is 0.806 bits per heavy atom. The summed E-state index contributed by atoms with van der Waals surface area (Å²) in [6.45, 7) is 6.39. The second-order valence-electron chi connectivity index (χ2n) is 8.56. The van der Waals surface area contributed by atoms with Gasteiger partial charge in [-0.3, -0.25) is 9.59 Å². The minimum absolute atomic E-state index is 0.0167. The monoisotopic (exact) mass is 411 g/mol. The Morgan fingerprint density at radius 3 is 2.29 bits per heavy atom. The summed E-state index contributed by atoms with van der Waals surface area (Å²) in [5.74, 6) is -0.543. The number of para-hydroxylation sites is 1. The van der Waals surface area contributed by atoms with Gasteiger partial charge >= 0.3 is 0 Å². The van der Waals surface area contributed by atoms with Crippen LogP contribution in [0.4, 0.5) is 11.4 Å². The average Bonchev–Trinajstić information content (AvgIpc) is 3.21. The van der Waals surface area contributed by atoms with Crippen molar-refractivity contribution in [3.05, 3.63) is 95.7 Å². The molecule has 5 heteroatoms. The summed E-state index contributed by atoms with van der Waals surface area (Å²) in [6.07, 6.45) is 1.86. The highest BCUT2D eigenvalue weighted by Gasteiger charge is 2.17. The van der Waals surface area contributed by atoms with Crippen LogP contribution < -0.4 is 10.6 Å². The SMILES string of the molecule is CC(C)(C)c1ccc(C(=O)Nc2ccccc2C(=O)Nc2ccc3cc[nH]c3c2)cc1. The first-order valence-electron chi connectivity index (χ1n) is 10.2. The highest BCUT2D eigenvalue weighted by atomic mass is 16.2. The molecule has 0 spiro atoms. The largest absolute Gasteiger partial charge is 0.361 e. The second kappa shape index (κ2) is 8.11. The summed E-state index contributed by atoms with van der Waals surface area (Å²) in [4.78, 5) is 28.8. The molecule has 0 aliphatic heterocycles. The molecule has 5 nitrogen and oxygen atoms in total. The third kappa shape index (κ3) is 4.51. The van der Waals surface area contributed by atoms with Crippen molar-refractivity contribution in [2.75, 3.05) is 10.6 Å². The number of amides is 2. The zero-order chi connectivity index (χ0) is 22.0. The summed E-state index contributed by atoms with van der Waals surface area (Å²) in [7, 11) is 0. The van der Waals surface area contributed by atoms with Crippen molar-refractivity contribution in [1.29, 1.82) is 0 Å². The van der Waals surface area contributed by atoms with E-state index in [0.29, 0.717) is 22.5 Å². The molecule has 0 unspecified atom stereocenters. The number of nitrogens with one attached hydrogen (secondary N) is 3. The summed E-state index contributed by atoms with van der Waals surface area (Å²) < 4.78 is 0. The number of hydrogen-bond acceptors (Lipinski definition) is 2. The van der Waals surface area contributed by atoms with E-state index in [1.165, 1.54) is 0 Å². The molecular formula is C26H25N3O2. The lowest BCUT2D eigenvalue weighted by Gasteiger charge is -2.19. The van der Waals surface area contributed by atoms with Crippen molar-refractivity contribution in [1.82, 2.24) is 4.98 Å². The predicted molar refractivity (Wildman–Crippen MR) is 126 cm³/mol. The number of aromatic nitrogens is 1. The minimum Gasteiger partial charge on any atom is -0.361 e. The number of carbonyl (C=O) groups excluding carboxylic acids is 2. The van der Waals surface area contributed by atoms with Gasteiger partial charge in [0.05, 0.1) is 11.3 Å². The molecule has 2 amide bonds. The number of fused-ring (bicyclic) bond motifs is 1. The van der Waals surface area contributed by atoms with Gasteiger partial charge in [0.25, 0.3) is 11.8 Å². The van der Waals surface area contributed by atoms with Gasteiger partial charge in [0.15, 0.2) is 0 Å². The lowest BCUT2D eigenvalue weighted by Crippen LogP contribution is -2.18. The Morgan fingerprint density at radius 2 is 1.55 bits per heavy atom. The van der Waals surface area contributed by atoms with E-state index in [0.717, 1.165) is 16.5 Å². The van der Waals surface area contributed by atoms with Crippen molar-refractivity contribution in [2.45, 2.75) is 26.2 Å². The fourth-order valence-corrected chi connectivity index (χ4v) is 3.43. The normalized spacial score (nSPS) is 11.3. The first-order chi connectivity index (χ1) is 14.8. The topological polar surface area (TPSA) is 74.0 Å². The molecule has 0 aliphatic rings. The van der Waals surface area contributed by atoms with Gasteiger partial charge in [-0.15, -0.1) is 0 Å². The number of anilines is 2. The maximum absolute atomic E-state index is 12.9. The van der Waals surface area contributed by atoms with Crippen LogP contribution in [0.15, 0.2) is 79.0 Å². The van der Waals surface area contributed by atoms with Crippen LogP contribution in [-0.4, -0.2) is 16.8 Å². The van der Waals surface area contributed by atoms with Crippen LogP contribution in [0.25, 0.3) is 10.9 Å². The third-order valence-electron chi connectivity index (χ3n) is 5.25. The molecule has 156 valence electrons. The van der Waals surface area contributed by atoms with E-state index in [2.05, 4.69) is 36.4 Å². The van der Waals surface area contributed by atoms with Crippen molar-refractivity contribution in [3.8, 4) is 0 Å². The van der Waals surface area contributed by atoms with Gasteiger partial charge in [0.2, 0.25) is 0 Å². The van der Waals surface area contributed by atoms with E-state index in [9.17, 15) is 9.59 Å². The van der Waals surface area contributed by atoms with Crippen molar-refractivity contribution in [2.24, 2.45) is 0 Å². The van der Waals surface area contributed by atoms with Gasteiger partial charge in [-0.05, 0) is 58.8 Å². The van der Waals surface area contributed by atoms with E-state index in [1.807, 2.05) is 54.7 Å². The van der Waals surface area contributed by atoms with Gasteiger partial charge in [-0.25, -0.2) is 0 Å². The minimum atomic E-state index is -0.287. The summed E-state index contributed by atoms with van der Waals surface area (Å²) in [6, 6.07) is 22.2. The number of rotatable bonds is 4. The van der Waals surface area contributed by atoms with Crippen LogP contribution in [0, 0.1) is 0 Å². The van der Waals surface area contributed by atoms with Gasteiger partial charge < -0.3 is 15.6 Å². The van der Waals surface area contributed by atoms with Gasteiger partial charge in [0.1, 0.15) is 0 Å². The molecule has 3 N–H and O–H groups in total. The first-order valence-corrected chi connectivity index (χ1v) is 10.2. The van der Waals surface area contributed by atoms with Crippen LogP contribution in [0.3, 0.4) is 0 Å². The van der Waals surface area contributed by atoms with Crippen LogP contribution in [0.1, 0.15) is 47.1 Å². The molecule has 0 fully saturated rings. The smallest absolute Gasteiger partial charge is 0.257 e. The molecule has 0 aliphatic carbocycles. The number of benzene rings is 3. The van der Waals surface area contributed by atoms with E-state index < -0.39 is 0 Å². The van der Waals surface area contributed by atoms with Crippen LogP contribution in [-0.2, 0) is 5.41 Å². The Balaban J connectivity index is 1.52. The molecule has 4 rings (SSSR count). The average molecular weight is 412 g/mol. The zero-order valence-corrected chi connectivity index (χ0v) is 17.8. The number of hydrogen-bond donors (Lipinski definition) is 3. The van der Waals surface area contributed by atoms with E-state index in [-0.39, 0.29) is 17.2 Å². The second-order valence-corrected chi connectivity index (χ2v) is 8.56. The maximum Gasteiger partial charge on any atom is 0.257 e. The van der Waals surface area contributed by atoms with Crippen molar-refractivity contribution < 1.29 is 9.59 Å². The van der Waals surface area contributed by atoms with Gasteiger partial charge in [-0.1, -0.05) is 51.1 Å². The first kappa shape index (κ1) is 20.4. The van der Waals surface area contributed by atoms with E-state index in [4.69, 9.17) is 0 Å². The Kier molecular flexibility index (Phi) is 5.34. The number of H-pyrrole nitrogens is 1. The molecule has 0 radical (unpaired) electrons. The Hall–Kier alpha value is -3.86. The molecule has 3 aromatic carbocycles. The molecule has 4 aromatic rings. The molecule has 0 saturated heterocycles. The van der Waals surface area contributed by atoms with E-state index >= 15 is 0 Å². The predicted octanol–water partition coefficient (Wildman–Crippen LogP) is 5.97. The standard InChI is InChI=1S/C26H25N3O2/c1-26(2,3)19-11-8-18(9-12-19)24(30)29-22-7-5-4-6-21(22)25(31)28-20-13-10-17-14-15-27-23(17)16-20/h4-16,27H,1-3H3,(H,28,31)(H,29,30). The van der Waals surface area contributed by atoms with Crippen molar-refractivity contribution >= 4 is 34.1 Å². The summed E-state index contributed by atoms with van der Waals surface area (Å²) >= 11 is 0. The molecular weight excluding hydrogens is 386 g/mol. The lowest BCUT2D eigenvalue weighted by atomic mass is 9.86. The Bertz CT molecular complexity index is 1250. The van der Waals surface area contributed by atoms with E-state index in [1.54, 1.807) is 24.3 Å². The Labute approximate surface area is 181 Å². The maximum atomic E-state index is 12.9. The third-order valence-corrected chi connectivity index (χ3v) is 5.25. The lowest BCUT2D eigenvalue weighted by molar-refractivity contribution is 0.102. The highest BCUT2D eigenvalue weighted by Crippen LogP contribution is 2.24. The van der Waals surface area contributed by atoms with Crippen LogP contribution in [0.2, 0.25) is 0 Å². The molecule has 0 atom stereocenters. The van der Waals surface area contributed by atoms with Gasteiger partial charge in [-0.2, -0.15) is 0 Å². The van der Waals surface area contributed by atoms with Crippen LogP contribution in [0.5, 0.6) is 0 Å². The molecule has 1 aromatic heterocycles. The molecule has 0 saturated carbocycles. The number of carbonyl (C=O) groups is 2. The molecule has 0 bridgehead atoms. The highest BCUT2D eigenvalue weighted by molar-refractivity contribution is 6.12. The summed E-state index contributed by atoms with van der Waals surface area (Å²) in [5.41, 5.74) is 4.20. The quantitative estimate of drug-likeness (QED) is 0.387. The van der Waals surface area contributed by atoms with Crippen LogP contribution >= 0.6 is 0 Å².